The number of hydrogen-bond donors (Lipinski definition) is 0. The zero-order valence-electron chi connectivity index (χ0n) is 87.0. The van der Waals surface area contributed by atoms with Crippen LogP contribution in [0.2, 0.25) is 18.6 Å². The standard InChI is InChI=1S/C23H30N4O.C18H26ClN3O.4C18H15P.C5H4N.3C4H9.Pd.Sn/c1-16(21(28)15-17-9-4-3-5-10-17)27(2)23-18-11-8-13-19(18)25-22(26-23)20-12-6-7-14-24-20;1-12(16(23)11-13-7-4-3-5-8-13)22(2)17-14-9-6-10-15(14)20-18(19)21-17;4*1-4-10-16(11-5-1)19(17-12-6-2-7-13-17)18-14-8-3-9-15-18;1-2-4-6-5-3-1;3*1-3-4-2;;/h6-7,12,14,16-17H,3-5,8-11,13,15H2,1-2H3;12-13H,3-11H2,1-2H3;4*1-15H;1-4H;3*1,3-4H2,2H3;;. The number of aryl methyl sites for hydroxylation is 2. The Kier molecular flexibility index (Phi) is 48.1. The van der Waals surface area contributed by atoms with Crippen molar-refractivity contribution in [2.24, 2.45) is 11.8 Å². The monoisotopic (exact) mass is 2240 g/mol. The summed E-state index contributed by atoms with van der Waals surface area (Å²) in [5.74, 6) is 4.22. The second-order valence-corrected chi connectivity index (χ2v) is 60.8. The van der Waals surface area contributed by atoms with Crippen LogP contribution in [-0.4, -0.2) is 86.0 Å². The molecule has 2 fully saturated rings. The average Bonchev–Trinajstić information content (AvgIpc) is 1.68. The van der Waals surface area contributed by atoms with Gasteiger partial charge in [0.1, 0.15) is 17.3 Å². The predicted octanol–water partition coefficient (Wildman–Crippen LogP) is 27.3. The molecule has 4 aromatic heterocycles. The molecule has 20 rings (SSSR count). The van der Waals surface area contributed by atoms with Crippen molar-refractivity contribution in [1.29, 1.82) is 0 Å². The number of nitrogens with zero attached hydrogens (tertiary/aromatic N) is 8. The van der Waals surface area contributed by atoms with Gasteiger partial charge in [-0.15, -0.1) is 0 Å². The third kappa shape index (κ3) is 34.0. The van der Waals surface area contributed by atoms with Crippen LogP contribution in [0.25, 0.3) is 11.5 Å². The molecule has 0 bridgehead atoms. The van der Waals surface area contributed by atoms with Crippen LogP contribution in [0.5, 0.6) is 0 Å². The molecule has 760 valence electrons. The van der Waals surface area contributed by atoms with Crippen molar-refractivity contribution in [1.82, 2.24) is 29.9 Å². The number of fused-ring (bicyclic) bond motifs is 2. The Morgan fingerprint density at radius 2 is 0.565 bits per heavy atom. The molecule has 0 radical (unpaired) electrons. The van der Waals surface area contributed by atoms with Crippen LogP contribution in [0, 0.1) is 11.8 Å². The third-order valence-electron chi connectivity index (χ3n) is 28.3. The minimum Gasteiger partial charge on any atom is -0.0622 e. The number of halogens is 1. The van der Waals surface area contributed by atoms with Crippen LogP contribution in [0.15, 0.2) is 413 Å². The molecular formula is C130H147ClN8O2P4PdSn. The summed E-state index contributed by atoms with van der Waals surface area (Å²) < 4.78 is 6.10. The van der Waals surface area contributed by atoms with E-state index in [1.165, 1.54) is 191 Å². The smallest absolute Gasteiger partial charge is 0 e. The molecule has 4 aliphatic carbocycles. The molecule has 16 aromatic rings. The molecule has 0 N–H and O–H groups in total. The molecule has 0 spiro atoms. The van der Waals surface area contributed by atoms with Crippen LogP contribution in [0.1, 0.15) is 186 Å². The first-order valence-corrected chi connectivity index (χ1v) is 66.6. The van der Waals surface area contributed by atoms with Crippen molar-refractivity contribution in [3.8, 4) is 11.5 Å². The van der Waals surface area contributed by atoms with Crippen molar-refractivity contribution in [2.75, 3.05) is 23.9 Å². The summed E-state index contributed by atoms with van der Waals surface area (Å²) in [6, 6.07) is 141. The van der Waals surface area contributed by atoms with Gasteiger partial charge in [0.2, 0.25) is 5.28 Å². The molecular weight excluding hydrogens is 2090 g/mol. The van der Waals surface area contributed by atoms with Gasteiger partial charge in [-0.3, -0.25) is 14.6 Å². The minimum absolute atomic E-state index is 0. The van der Waals surface area contributed by atoms with Crippen molar-refractivity contribution in [3.63, 3.8) is 0 Å². The fourth-order valence-corrected chi connectivity index (χ4v) is 45.0. The fraction of sp³-hybridized carbons (Fsp3) is 0.292. The molecule has 2 atom stereocenters. The Balaban J connectivity index is 0.000000144. The summed E-state index contributed by atoms with van der Waals surface area (Å²) in [6.07, 6.45) is 32.1. The van der Waals surface area contributed by atoms with E-state index in [-0.39, 0.29) is 32.5 Å². The predicted molar refractivity (Wildman–Crippen MR) is 634 cm³/mol. The number of carbonyl (C=O) groups is 2. The number of carbonyl (C=O) groups excluding carboxylic acids is 2. The average molecular weight is 2240 g/mol. The van der Waals surface area contributed by atoms with Crippen LogP contribution in [0.4, 0.5) is 11.6 Å². The second kappa shape index (κ2) is 62.2. The van der Waals surface area contributed by atoms with Crippen LogP contribution in [-0.2, 0) is 55.7 Å². The Morgan fingerprint density at radius 1 is 0.313 bits per heavy atom. The van der Waals surface area contributed by atoms with Gasteiger partial charge in [-0.1, -0.05) is 434 Å². The summed E-state index contributed by atoms with van der Waals surface area (Å²) >= 11 is 3.87. The first-order chi connectivity index (χ1) is 71.8. The van der Waals surface area contributed by atoms with Crippen LogP contribution >= 0.6 is 43.3 Å². The van der Waals surface area contributed by atoms with E-state index in [1.807, 2.05) is 57.2 Å². The Hall–Kier alpha value is -10.5. The molecule has 10 nitrogen and oxygen atoms in total. The number of Topliss-reactive ketones (excluding diaryl/α,β-unsaturated/α-hetero) is 2. The Morgan fingerprint density at radius 3 is 0.816 bits per heavy atom. The van der Waals surface area contributed by atoms with E-state index >= 15 is 0 Å². The maximum atomic E-state index is 13.0. The maximum absolute atomic E-state index is 13.0. The molecule has 2 saturated carbocycles. The summed E-state index contributed by atoms with van der Waals surface area (Å²) in [7, 11) is 2.18. The van der Waals surface area contributed by atoms with E-state index in [1.54, 1.807) is 9.91 Å². The number of anilines is 2. The first-order valence-electron chi connectivity index (χ1n) is 53.4. The summed E-state index contributed by atoms with van der Waals surface area (Å²) in [5.41, 5.74) is 5.34. The normalized spacial score (nSPS) is 13.4. The first kappa shape index (κ1) is 114. The van der Waals surface area contributed by atoms with Gasteiger partial charge in [0.05, 0.1) is 17.8 Å². The number of ketones is 2. The SMILES string of the molecule is CC(C(=O)CC1CCCCC1)N(C)c1nc(-c2ccccn2)nc2c1CCC2.CC(C(=O)CC1CCCCC1)N(C)c1nc(Cl)nc2c1CCC2.CCC[CH2][Sn]([CH2]CCC)([CH2]CCC)[c]1ccccn1.[Pd].c1ccc(P(c2ccccc2)c2ccccc2)cc1.c1ccc(P(c2ccccc2)c2ccccc2)cc1.c1ccc(P(c2ccccc2)c2ccccc2)cc1.c1ccc(P(c2ccccc2)c2ccccc2)cc1. The molecule has 2 unspecified atom stereocenters. The van der Waals surface area contributed by atoms with Crippen molar-refractivity contribution < 1.29 is 30.0 Å². The molecule has 4 heterocycles. The zero-order chi connectivity index (χ0) is 102. The number of benzene rings is 12. The fourth-order valence-electron chi connectivity index (χ4n) is 20.2. The van der Waals surface area contributed by atoms with E-state index in [0.717, 1.165) is 67.2 Å². The zero-order valence-corrected chi connectivity index (χ0v) is 95.8. The Bertz CT molecular complexity index is 5550. The van der Waals surface area contributed by atoms with Crippen molar-refractivity contribution in [3.05, 3.63) is 441 Å². The van der Waals surface area contributed by atoms with Gasteiger partial charge < -0.3 is 9.80 Å². The maximum Gasteiger partial charge on any atom is 0 e. The van der Waals surface area contributed by atoms with Crippen LogP contribution < -0.4 is 77.2 Å². The molecule has 12 aromatic carbocycles. The van der Waals surface area contributed by atoms with E-state index < -0.39 is 50.1 Å². The number of rotatable bonds is 33. The minimum atomic E-state index is -2.21. The van der Waals surface area contributed by atoms with Gasteiger partial charge in [-0.2, -0.15) is 0 Å². The number of aromatic nitrogens is 6. The molecule has 147 heavy (non-hydrogen) atoms. The van der Waals surface area contributed by atoms with E-state index in [4.69, 9.17) is 26.6 Å². The summed E-state index contributed by atoms with van der Waals surface area (Å²) in [6.45, 7) is 11.0. The number of unbranched alkanes of at least 4 members (excludes halogenated alkanes) is 3. The number of likely N-dealkylation sites (N-methyl/N-ethyl adjacent to an activating group) is 2. The van der Waals surface area contributed by atoms with Gasteiger partial charge >= 0.3 is 124 Å². The topological polar surface area (TPSA) is 118 Å². The summed E-state index contributed by atoms with van der Waals surface area (Å²) in [5, 5.41) is 17.1. The number of hydrogen-bond acceptors (Lipinski definition) is 10. The largest absolute Gasteiger partial charge is 0.0622 e. The molecule has 0 aliphatic heterocycles. The summed E-state index contributed by atoms with van der Waals surface area (Å²) in [4.78, 5) is 57.4. The molecule has 17 heteroatoms. The molecule has 0 amide bonds. The van der Waals surface area contributed by atoms with Gasteiger partial charge in [0.15, 0.2) is 17.4 Å². The molecule has 0 saturated heterocycles. The van der Waals surface area contributed by atoms with Gasteiger partial charge in [0, 0.05) is 70.4 Å². The van der Waals surface area contributed by atoms with E-state index in [9.17, 15) is 9.59 Å². The Labute approximate surface area is 906 Å². The van der Waals surface area contributed by atoms with Gasteiger partial charge in [0.25, 0.3) is 0 Å². The van der Waals surface area contributed by atoms with Gasteiger partial charge in [-0.05, 0) is 183 Å². The van der Waals surface area contributed by atoms with Gasteiger partial charge in [-0.25, -0.2) is 19.9 Å². The quantitative estimate of drug-likeness (QED) is 0.0223. The second-order valence-electron chi connectivity index (χ2n) is 38.6. The number of pyridine rings is 2. The van der Waals surface area contributed by atoms with E-state index in [2.05, 4.69) is 423 Å². The third-order valence-corrected chi connectivity index (χ3v) is 53.4. The van der Waals surface area contributed by atoms with Crippen LogP contribution in [0.3, 0.4) is 0 Å². The molecule has 4 aliphatic rings. The van der Waals surface area contributed by atoms with Crippen molar-refractivity contribution in [2.45, 2.75) is 214 Å². The van der Waals surface area contributed by atoms with E-state index in [0.29, 0.717) is 47.4 Å². The van der Waals surface area contributed by atoms with Crippen molar-refractivity contribution >= 4 is 152 Å².